The summed E-state index contributed by atoms with van der Waals surface area (Å²) in [5.74, 6) is 0. The lowest BCUT2D eigenvalue weighted by Crippen LogP contribution is -2.44. The highest BCUT2D eigenvalue weighted by Crippen LogP contribution is 2.36. The molecule has 0 amide bonds. The molecule has 4 heteroatoms. The maximum absolute atomic E-state index is 6.30. The van der Waals surface area contributed by atoms with Crippen molar-refractivity contribution in [1.29, 1.82) is 0 Å². The first kappa shape index (κ1) is 14.7. The van der Waals surface area contributed by atoms with Gasteiger partial charge in [0.2, 0.25) is 0 Å². The van der Waals surface area contributed by atoms with Crippen molar-refractivity contribution in [2.45, 2.75) is 0 Å². The second-order valence-electron chi connectivity index (χ2n) is 5.37. The third kappa shape index (κ3) is 3.18. The number of nitrogens with zero attached hydrogens (tertiary/aromatic N) is 2. The van der Waals surface area contributed by atoms with Gasteiger partial charge < -0.3 is 9.80 Å². The lowest BCUT2D eigenvalue weighted by Gasteiger charge is -2.34. The summed E-state index contributed by atoms with van der Waals surface area (Å²) < 4.78 is 0. The third-order valence-electron chi connectivity index (χ3n) is 3.89. The van der Waals surface area contributed by atoms with E-state index in [-0.39, 0.29) is 0 Å². The van der Waals surface area contributed by atoms with Crippen LogP contribution in [0.15, 0.2) is 36.4 Å². The molecule has 3 rings (SSSR count). The smallest absolute Gasteiger partial charge is 0.0499 e. The summed E-state index contributed by atoms with van der Waals surface area (Å²) in [4.78, 5) is 4.72. The Bertz CT molecular complexity index is 614. The molecule has 21 heavy (non-hydrogen) atoms. The molecule has 0 atom stereocenters. The van der Waals surface area contributed by atoms with Crippen molar-refractivity contribution in [2.75, 3.05) is 38.1 Å². The van der Waals surface area contributed by atoms with Crippen LogP contribution in [0, 0.1) is 6.07 Å². The number of hydrogen-bond acceptors (Lipinski definition) is 2. The Morgan fingerprint density at radius 3 is 2.33 bits per heavy atom. The number of anilines is 1. The van der Waals surface area contributed by atoms with E-state index in [1.807, 2.05) is 30.3 Å². The highest BCUT2D eigenvalue weighted by molar-refractivity contribution is 6.39. The summed E-state index contributed by atoms with van der Waals surface area (Å²) in [5.41, 5.74) is 3.08. The first-order valence-corrected chi connectivity index (χ1v) is 7.80. The number of piperazine rings is 1. The molecule has 0 spiro atoms. The molecular weight excluding hydrogens is 303 g/mol. The van der Waals surface area contributed by atoms with E-state index in [1.165, 1.54) is 5.69 Å². The maximum Gasteiger partial charge on any atom is 0.0499 e. The van der Waals surface area contributed by atoms with Crippen LogP contribution in [0.2, 0.25) is 10.0 Å². The minimum absolute atomic E-state index is 0.673. The van der Waals surface area contributed by atoms with Crippen LogP contribution in [0.5, 0.6) is 0 Å². The maximum atomic E-state index is 6.30. The molecule has 2 aromatic rings. The first-order chi connectivity index (χ1) is 10.1. The van der Waals surface area contributed by atoms with E-state index in [0.717, 1.165) is 37.3 Å². The van der Waals surface area contributed by atoms with Crippen molar-refractivity contribution < 1.29 is 0 Å². The molecule has 1 aliphatic rings. The molecule has 1 saturated heterocycles. The average molecular weight is 320 g/mol. The quantitative estimate of drug-likeness (QED) is 0.818. The van der Waals surface area contributed by atoms with E-state index in [2.05, 4.69) is 29.0 Å². The molecule has 1 fully saturated rings. The molecule has 0 N–H and O–H groups in total. The minimum atomic E-state index is 0.673. The molecule has 2 nitrogen and oxygen atoms in total. The summed E-state index contributed by atoms with van der Waals surface area (Å²) in [5, 5.41) is 1.35. The molecule has 2 aromatic carbocycles. The van der Waals surface area contributed by atoms with Crippen LogP contribution in [0.4, 0.5) is 5.69 Å². The van der Waals surface area contributed by atoms with Gasteiger partial charge in [0, 0.05) is 47.5 Å². The minimum Gasteiger partial charge on any atom is -0.369 e. The largest absolute Gasteiger partial charge is 0.369 e. The Kier molecular flexibility index (Phi) is 4.39. The Hall–Kier alpha value is -1.22. The Balaban J connectivity index is 1.93. The fourth-order valence-electron chi connectivity index (χ4n) is 2.62. The van der Waals surface area contributed by atoms with Gasteiger partial charge in [0.1, 0.15) is 0 Å². The number of benzene rings is 2. The number of halogens is 2. The molecule has 0 bridgehead atoms. The van der Waals surface area contributed by atoms with Crippen LogP contribution in [-0.2, 0) is 0 Å². The fraction of sp³-hybridized carbons (Fsp3) is 0.294. The van der Waals surface area contributed by atoms with Gasteiger partial charge in [-0.15, -0.1) is 0 Å². The summed E-state index contributed by atoms with van der Waals surface area (Å²) in [6.45, 7) is 4.22. The van der Waals surface area contributed by atoms with Crippen molar-refractivity contribution >= 4 is 28.9 Å². The van der Waals surface area contributed by atoms with E-state index in [1.54, 1.807) is 0 Å². The number of rotatable bonds is 2. The lowest BCUT2D eigenvalue weighted by molar-refractivity contribution is 0.313. The average Bonchev–Trinajstić information content (AvgIpc) is 2.48. The molecular formula is C17H17Cl2N2. The molecule has 0 aromatic heterocycles. The van der Waals surface area contributed by atoms with Crippen molar-refractivity contribution in [2.24, 2.45) is 0 Å². The van der Waals surface area contributed by atoms with Gasteiger partial charge in [-0.1, -0.05) is 29.3 Å². The van der Waals surface area contributed by atoms with Gasteiger partial charge in [0.05, 0.1) is 0 Å². The number of hydrogen-bond donors (Lipinski definition) is 0. The van der Waals surface area contributed by atoms with Crippen LogP contribution >= 0.6 is 23.2 Å². The summed E-state index contributed by atoms with van der Waals surface area (Å²) >= 11 is 12.6. The van der Waals surface area contributed by atoms with Gasteiger partial charge in [-0.2, -0.15) is 0 Å². The SMILES string of the molecule is CN1CCN(c2c[c]cc(-c3c(Cl)cccc3Cl)c2)CC1. The van der Waals surface area contributed by atoms with Crippen LogP contribution < -0.4 is 4.90 Å². The van der Waals surface area contributed by atoms with Gasteiger partial charge in [0.15, 0.2) is 0 Å². The van der Waals surface area contributed by atoms with Gasteiger partial charge in [-0.25, -0.2) is 0 Å². The second-order valence-corrected chi connectivity index (χ2v) is 6.18. The highest BCUT2D eigenvalue weighted by Gasteiger charge is 2.15. The van der Waals surface area contributed by atoms with Crippen LogP contribution in [0.1, 0.15) is 0 Å². The lowest BCUT2D eigenvalue weighted by atomic mass is 10.0. The van der Waals surface area contributed by atoms with Crippen LogP contribution in [0.3, 0.4) is 0 Å². The predicted molar refractivity (Wildman–Crippen MR) is 90.4 cm³/mol. The van der Waals surface area contributed by atoms with Crippen molar-refractivity contribution in [3.63, 3.8) is 0 Å². The van der Waals surface area contributed by atoms with Crippen molar-refractivity contribution in [3.8, 4) is 11.1 Å². The van der Waals surface area contributed by atoms with Gasteiger partial charge in [0.25, 0.3) is 0 Å². The Morgan fingerprint density at radius 2 is 1.67 bits per heavy atom. The van der Waals surface area contributed by atoms with E-state index >= 15 is 0 Å². The normalized spacial score (nSPS) is 16.2. The Morgan fingerprint density at radius 1 is 1.00 bits per heavy atom. The molecule has 0 saturated carbocycles. The molecule has 0 unspecified atom stereocenters. The number of likely N-dealkylation sites (N-methyl/N-ethyl adjacent to an activating group) is 1. The first-order valence-electron chi connectivity index (χ1n) is 7.04. The summed E-state index contributed by atoms with van der Waals surface area (Å²) in [6.07, 6.45) is 0. The monoisotopic (exact) mass is 319 g/mol. The van der Waals surface area contributed by atoms with Crippen molar-refractivity contribution in [1.82, 2.24) is 4.90 Å². The highest BCUT2D eigenvalue weighted by atomic mass is 35.5. The topological polar surface area (TPSA) is 6.48 Å². The van der Waals surface area contributed by atoms with Crippen LogP contribution in [-0.4, -0.2) is 38.1 Å². The standard InChI is InChI=1S/C17H17Cl2N2/c1-20-8-10-21(11-9-20)14-5-2-4-13(12-14)17-15(18)6-3-7-16(17)19/h3-7,12H,8-11H2,1H3. The fourth-order valence-corrected chi connectivity index (χ4v) is 3.24. The van der Waals surface area contributed by atoms with Gasteiger partial charge in [-0.05, 0) is 49.0 Å². The zero-order valence-corrected chi connectivity index (χ0v) is 13.5. The second kappa shape index (κ2) is 6.27. The van der Waals surface area contributed by atoms with E-state index in [4.69, 9.17) is 23.2 Å². The Labute approximate surface area is 135 Å². The zero-order chi connectivity index (χ0) is 14.8. The molecule has 109 valence electrons. The van der Waals surface area contributed by atoms with Gasteiger partial charge in [-0.3, -0.25) is 0 Å². The molecule has 1 aliphatic heterocycles. The molecule has 1 radical (unpaired) electrons. The van der Waals surface area contributed by atoms with Crippen LogP contribution in [0.25, 0.3) is 11.1 Å². The molecule has 1 heterocycles. The van der Waals surface area contributed by atoms with E-state index in [9.17, 15) is 0 Å². The molecule has 0 aliphatic carbocycles. The van der Waals surface area contributed by atoms with Crippen molar-refractivity contribution in [3.05, 3.63) is 52.5 Å². The van der Waals surface area contributed by atoms with E-state index < -0.39 is 0 Å². The van der Waals surface area contributed by atoms with E-state index in [0.29, 0.717) is 10.0 Å². The van der Waals surface area contributed by atoms with Gasteiger partial charge >= 0.3 is 0 Å². The third-order valence-corrected chi connectivity index (χ3v) is 4.52. The zero-order valence-electron chi connectivity index (χ0n) is 11.9. The predicted octanol–water partition coefficient (Wildman–Crippen LogP) is 4.21. The summed E-state index contributed by atoms with van der Waals surface area (Å²) in [6, 6.07) is 14.9. The summed E-state index contributed by atoms with van der Waals surface area (Å²) in [7, 11) is 2.16.